The maximum absolute atomic E-state index is 12.7. The first-order valence-electron chi connectivity index (χ1n) is 9.00. The molecule has 0 radical (unpaired) electrons. The number of rotatable bonds is 4. The van der Waals surface area contributed by atoms with Gasteiger partial charge in [0, 0.05) is 26.2 Å². The number of furan rings is 1. The third kappa shape index (κ3) is 3.84. The van der Waals surface area contributed by atoms with E-state index in [9.17, 15) is 14.4 Å². The lowest BCUT2D eigenvalue weighted by atomic mass is 10.0. The van der Waals surface area contributed by atoms with Crippen molar-refractivity contribution in [3.05, 3.63) is 24.2 Å². The smallest absolute Gasteiger partial charge is 0.410 e. The molecule has 2 aliphatic heterocycles. The fourth-order valence-electron chi connectivity index (χ4n) is 3.38. The Balaban J connectivity index is 1.57. The van der Waals surface area contributed by atoms with Crippen molar-refractivity contribution in [3.63, 3.8) is 0 Å². The highest BCUT2D eigenvalue weighted by atomic mass is 16.6. The molecule has 0 bridgehead atoms. The first kappa shape index (κ1) is 18.3. The Hall–Kier alpha value is -2.51. The van der Waals surface area contributed by atoms with E-state index >= 15 is 0 Å². The molecule has 3 amide bonds. The Labute approximate surface area is 152 Å². The van der Waals surface area contributed by atoms with Crippen molar-refractivity contribution >= 4 is 17.9 Å². The molecule has 8 nitrogen and oxygen atoms in total. The summed E-state index contributed by atoms with van der Waals surface area (Å²) in [4.78, 5) is 42.0. The van der Waals surface area contributed by atoms with Crippen LogP contribution in [0.2, 0.25) is 0 Å². The third-order valence-corrected chi connectivity index (χ3v) is 4.99. The first-order chi connectivity index (χ1) is 12.5. The summed E-state index contributed by atoms with van der Waals surface area (Å²) in [5.74, 6) is 0.0320. The van der Waals surface area contributed by atoms with Gasteiger partial charge in [0.05, 0.1) is 17.9 Å². The van der Waals surface area contributed by atoms with Crippen LogP contribution in [0.4, 0.5) is 4.79 Å². The minimum absolute atomic E-state index is 0.0252. The van der Waals surface area contributed by atoms with Crippen LogP contribution in [0.25, 0.3) is 0 Å². The third-order valence-electron chi connectivity index (χ3n) is 4.99. The molecular weight excluding hydrogens is 338 g/mol. The van der Waals surface area contributed by atoms with Gasteiger partial charge in [0.2, 0.25) is 5.91 Å². The van der Waals surface area contributed by atoms with Gasteiger partial charge in [-0.2, -0.15) is 0 Å². The number of nitrogens with zero attached hydrogens (tertiary/aromatic N) is 3. The van der Waals surface area contributed by atoms with E-state index in [1.807, 2.05) is 13.8 Å². The zero-order chi connectivity index (χ0) is 18.7. The van der Waals surface area contributed by atoms with E-state index < -0.39 is 6.09 Å². The van der Waals surface area contributed by atoms with Crippen LogP contribution in [0, 0.1) is 5.92 Å². The van der Waals surface area contributed by atoms with E-state index in [0.29, 0.717) is 44.8 Å². The second kappa shape index (κ2) is 7.80. The number of hydrogen-bond donors (Lipinski definition) is 0. The standard InChI is InChI=1S/C18H25N3O5/c1-13(2)15-12-26-18(24)21(15)10-16(22)19-5-3-6-20(8-7-19)17(23)14-4-9-25-11-14/h4,9,11,13,15H,3,5-8,10,12H2,1-2H3. The molecule has 1 unspecified atom stereocenters. The van der Waals surface area contributed by atoms with Crippen molar-refractivity contribution < 1.29 is 23.5 Å². The van der Waals surface area contributed by atoms with E-state index in [2.05, 4.69) is 0 Å². The molecule has 3 heterocycles. The van der Waals surface area contributed by atoms with Crippen LogP contribution >= 0.6 is 0 Å². The lowest BCUT2D eigenvalue weighted by Gasteiger charge is -2.27. The van der Waals surface area contributed by atoms with Gasteiger partial charge in [-0.25, -0.2) is 4.79 Å². The van der Waals surface area contributed by atoms with Crippen LogP contribution in [0.1, 0.15) is 30.6 Å². The number of ether oxygens (including phenoxy) is 1. The average Bonchev–Trinajstić information content (AvgIpc) is 3.19. The van der Waals surface area contributed by atoms with Crippen LogP contribution < -0.4 is 0 Å². The number of hydrogen-bond acceptors (Lipinski definition) is 5. The van der Waals surface area contributed by atoms with Crippen molar-refractivity contribution in [2.24, 2.45) is 5.92 Å². The van der Waals surface area contributed by atoms with Crippen molar-refractivity contribution in [1.29, 1.82) is 0 Å². The first-order valence-corrected chi connectivity index (χ1v) is 9.00. The van der Waals surface area contributed by atoms with E-state index in [-0.39, 0.29) is 30.3 Å². The molecule has 1 atom stereocenters. The summed E-state index contributed by atoms with van der Waals surface area (Å²) in [6.07, 6.45) is 3.18. The Bertz CT molecular complexity index is 658. The van der Waals surface area contributed by atoms with Gasteiger partial charge in [-0.15, -0.1) is 0 Å². The molecular formula is C18H25N3O5. The lowest BCUT2D eigenvalue weighted by Crippen LogP contribution is -2.46. The summed E-state index contributed by atoms with van der Waals surface area (Å²) in [6.45, 7) is 6.46. The summed E-state index contributed by atoms with van der Waals surface area (Å²) in [7, 11) is 0. The van der Waals surface area contributed by atoms with Crippen molar-refractivity contribution in [2.45, 2.75) is 26.3 Å². The molecule has 1 aromatic rings. The van der Waals surface area contributed by atoms with Gasteiger partial charge in [0.1, 0.15) is 19.4 Å². The molecule has 0 aliphatic carbocycles. The van der Waals surface area contributed by atoms with Crippen LogP contribution in [-0.2, 0) is 9.53 Å². The molecule has 0 aromatic carbocycles. The van der Waals surface area contributed by atoms with E-state index in [0.717, 1.165) is 0 Å². The van der Waals surface area contributed by atoms with E-state index in [4.69, 9.17) is 9.15 Å². The predicted octanol–water partition coefficient (Wildman–Crippen LogP) is 1.43. The van der Waals surface area contributed by atoms with Crippen molar-refractivity contribution in [3.8, 4) is 0 Å². The summed E-state index contributed by atoms with van der Waals surface area (Å²) in [5, 5.41) is 0. The van der Waals surface area contributed by atoms with Gasteiger partial charge in [-0.3, -0.25) is 14.5 Å². The fraction of sp³-hybridized carbons (Fsp3) is 0.611. The minimum atomic E-state index is -0.427. The van der Waals surface area contributed by atoms with Gasteiger partial charge >= 0.3 is 6.09 Å². The number of carbonyl (C=O) groups excluding carboxylic acids is 3. The van der Waals surface area contributed by atoms with Crippen molar-refractivity contribution in [1.82, 2.24) is 14.7 Å². The van der Waals surface area contributed by atoms with Crippen LogP contribution in [0.5, 0.6) is 0 Å². The van der Waals surface area contributed by atoms with Crippen LogP contribution in [-0.4, -0.2) is 78.0 Å². The van der Waals surface area contributed by atoms with E-state index in [1.54, 1.807) is 15.9 Å². The quantitative estimate of drug-likeness (QED) is 0.808. The number of carbonyl (C=O) groups is 3. The molecule has 0 spiro atoms. The molecule has 2 aliphatic rings. The topological polar surface area (TPSA) is 83.3 Å². The Morgan fingerprint density at radius 2 is 1.92 bits per heavy atom. The molecule has 0 saturated carbocycles. The molecule has 1 aromatic heterocycles. The summed E-state index contributed by atoms with van der Waals surface area (Å²) in [5.41, 5.74) is 0.518. The number of amides is 3. The Morgan fingerprint density at radius 1 is 1.19 bits per heavy atom. The highest BCUT2D eigenvalue weighted by Gasteiger charge is 2.37. The maximum Gasteiger partial charge on any atom is 0.410 e. The average molecular weight is 363 g/mol. The second-order valence-corrected chi connectivity index (χ2v) is 7.05. The Morgan fingerprint density at radius 3 is 2.62 bits per heavy atom. The van der Waals surface area contributed by atoms with Crippen LogP contribution in [0.3, 0.4) is 0 Å². The van der Waals surface area contributed by atoms with Gasteiger partial charge in [-0.1, -0.05) is 13.8 Å². The summed E-state index contributed by atoms with van der Waals surface area (Å²) >= 11 is 0. The van der Waals surface area contributed by atoms with E-state index in [1.165, 1.54) is 17.4 Å². The minimum Gasteiger partial charge on any atom is -0.472 e. The zero-order valence-electron chi connectivity index (χ0n) is 15.2. The molecule has 2 saturated heterocycles. The Kier molecular flexibility index (Phi) is 5.49. The zero-order valence-corrected chi connectivity index (χ0v) is 15.2. The second-order valence-electron chi connectivity index (χ2n) is 7.05. The normalized spacial score (nSPS) is 21.1. The lowest BCUT2D eigenvalue weighted by molar-refractivity contribution is -0.132. The predicted molar refractivity (Wildman–Crippen MR) is 92.5 cm³/mol. The van der Waals surface area contributed by atoms with Gasteiger partial charge in [0.25, 0.3) is 5.91 Å². The summed E-state index contributed by atoms with van der Waals surface area (Å²) < 4.78 is 10.1. The molecule has 142 valence electrons. The molecule has 8 heteroatoms. The molecule has 2 fully saturated rings. The highest BCUT2D eigenvalue weighted by Crippen LogP contribution is 2.19. The number of cyclic esters (lactones) is 1. The van der Waals surface area contributed by atoms with Crippen LogP contribution in [0.15, 0.2) is 23.0 Å². The highest BCUT2D eigenvalue weighted by molar-refractivity contribution is 5.94. The maximum atomic E-state index is 12.7. The monoisotopic (exact) mass is 363 g/mol. The van der Waals surface area contributed by atoms with Gasteiger partial charge in [-0.05, 0) is 18.4 Å². The fourth-order valence-corrected chi connectivity index (χ4v) is 3.38. The van der Waals surface area contributed by atoms with Crippen molar-refractivity contribution in [2.75, 3.05) is 39.3 Å². The summed E-state index contributed by atoms with van der Waals surface area (Å²) in [6, 6.07) is 1.57. The van der Waals surface area contributed by atoms with Gasteiger partial charge < -0.3 is 19.0 Å². The molecule has 3 rings (SSSR count). The van der Waals surface area contributed by atoms with Gasteiger partial charge in [0.15, 0.2) is 0 Å². The molecule has 0 N–H and O–H groups in total. The molecule has 26 heavy (non-hydrogen) atoms. The SMILES string of the molecule is CC(C)C1COC(=O)N1CC(=O)N1CCCN(C(=O)c2ccoc2)CC1. The largest absolute Gasteiger partial charge is 0.472 e.